The summed E-state index contributed by atoms with van der Waals surface area (Å²) in [5, 5.41) is 19.2. The molecule has 0 saturated carbocycles. The van der Waals surface area contributed by atoms with E-state index in [1.807, 2.05) is 55.5 Å². The largest absolute Gasteiger partial charge is 0.494 e. The predicted octanol–water partition coefficient (Wildman–Crippen LogP) is 13.9. The summed E-state index contributed by atoms with van der Waals surface area (Å²) in [7, 11) is 0. The molecule has 0 amide bonds. The molecule has 1 aliphatic carbocycles. The summed E-state index contributed by atoms with van der Waals surface area (Å²) in [5.41, 5.74) is 6.67. The van der Waals surface area contributed by atoms with Gasteiger partial charge in [0.1, 0.15) is 23.1 Å². The molecule has 0 atom stereocenters. The number of fused-ring (bicyclic) bond motifs is 3. The van der Waals surface area contributed by atoms with E-state index in [0.29, 0.717) is 13.2 Å². The maximum Gasteiger partial charge on any atom is 0.346 e. The molecule has 55 heavy (non-hydrogen) atoms. The van der Waals surface area contributed by atoms with Crippen molar-refractivity contribution in [1.29, 1.82) is 5.26 Å². The number of carbonyl (C=O) groups is 1. The zero-order valence-electron chi connectivity index (χ0n) is 32.5. The lowest BCUT2D eigenvalue weighted by atomic mass is 9.71. The van der Waals surface area contributed by atoms with Gasteiger partial charge in [0.25, 0.3) is 0 Å². The maximum absolute atomic E-state index is 11.8. The number of anilines is 3. The van der Waals surface area contributed by atoms with Crippen molar-refractivity contribution in [2.75, 3.05) is 18.1 Å². The SMILES string of the molecule is CCCCCCC1(CCCCCC)c2cc(/C=C(/C#N)C(=O)O)sc2-c2sc(-c3ccc(N(c4ccc(OCC)cc4)c4ccc(OCC)cc4)cc3)cc21. The average Bonchev–Trinajstić information content (AvgIpc) is 3.89. The first-order valence-electron chi connectivity index (χ1n) is 19.9. The second-order valence-corrected chi connectivity index (χ2v) is 16.3. The molecule has 6 nitrogen and oxygen atoms in total. The van der Waals surface area contributed by atoms with Crippen LogP contribution in [0.15, 0.2) is 90.5 Å². The van der Waals surface area contributed by atoms with E-state index in [0.717, 1.165) is 59.1 Å². The fourth-order valence-corrected chi connectivity index (χ4v) is 10.4. The van der Waals surface area contributed by atoms with Gasteiger partial charge in [0.2, 0.25) is 0 Å². The van der Waals surface area contributed by atoms with Gasteiger partial charge >= 0.3 is 5.97 Å². The molecule has 286 valence electrons. The monoisotopic (exact) mass is 772 g/mol. The van der Waals surface area contributed by atoms with E-state index in [2.05, 4.69) is 79.4 Å². The zero-order chi connectivity index (χ0) is 38.8. The van der Waals surface area contributed by atoms with Crippen LogP contribution in [-0.2, 0) is 10.2 Å². The molecule has 1 N–H and O–H groups in total. The zero-order valence-corrected chi connectivity index (χ0v) is 34.2. The number of nitriles is 1. The second-order valence-electron chi connectivity index (χ2n) is 14.2. The summed E-state index contributed by atoms with van der Waals surface area (Å²) < 4.78 is 11.5. The van der Waals surface area contributed by atoms with Crippen LogP contribution in [-0.4, -0.2) is 24.3 Å². The van der Waals surface area contributed by atoms with E-state index in [4.69, 9.17) is 9.47 Å². The highest BCUT2D eigenvalue weighted by molar-refractivity contribution is 7.24. The molecular weight excluding hydrogens is 721 g/mol. The molecule has 2 heterocycles. The highest BCUT2D eigenvalue weighted by Crippen LogP contribution is 2.61. The fraction of sp³-hybridized carbons (Fsp3) is 0.362. The van der Waals surface area contributed by atoms with Crippen molar-refractivity contribution in [2.24, 2.45) is 0 Å². The van der Waals surface area contributed by atoms with Crippen molar-refractivity contribution in [3.05, 3.63) is 107 Å². The third-order valence-corrected chi connectivity index (χ3v) is 12.9. The number of rotatable bonds is 20. The Morgan fingerprint density at radius 3 is 1.67 bits per heavy atom. The summed E-state index contributed by atoms with van der Waals surface area (Å²) in [4.78, 5) is 18.7. The van der Waals surface area contributed by atoms with Crippen molar-refractivity contribution < 1.29 is 19.4 Å². The van der Waals surface area contributed by atoms with Crippen LogP contribution in [0.2, 0.25) is 0 Å². The van der Waals surface area contributed by atoms with Crippen molar-refractivity contribution >= 4 is 51.8 Å². The van der Waals surface area contributed by atoms with Gasteiger partial charge in [0.05, 0.1) is 13.2 Å². The number of nitrogens with zero attached hydrogens (tertiary/aromatic N) is 2. The molecule has 1 aliphatic rings. The first-order valence-corrected chi connectivity index (χ1v) is 21.5. The minimum atomic E-state index is -1.19. The fourth-order valence-electron chi connectivity index (χ4n) is 7.80. The molecule has 3 aromatic carbocycles. The summed E-state index contributed by atoms with van der Waals surface area (Å²) in [6.07, 6.45) is 13.2. The van der Waals surface area contributed by atoms with E-state index in [1.54, 1.807) is 17.4 Å². The van der Waals surface area contributed by atoms with E-state index < -0.39 is 5.97 Å². The quantitative estimate of drug-likeness (QED) is 0.0482. The van der Waals surface area contributed by atoms with Crippen LogP contribution >= 0.6 is 22.7 Å². The Morgan fingerprint density at radius 2 is 1.20 bits per heavy atom. The van der Waals surface area contributed by atoms with E-state index >= 15 is 0 Å². The minimum Gasteiger partial charge on any atom is -0.494 e. The number of aliphatic carboxylic acids is 1. The standard InChI is InChI=1S/C47H52N2O4S2/c1-5-9-11-13-27-47(28-14-12-10-6-2)41-30-40(29-34(32-48)46(50)51)54-44(41)45-42(47)31-43(55-45)33-15-17-35(18-16-33)49(36-19-23-38(24-20-36)52-7-3)37-21-25-39(26-22-37)53-8-4/h15-26,29-31H,5-14,27-28H2,1-4H3,(H,50,51)/b34-29-. The Labute approximate surface area is 334 Å². The van der Waals surface area contributed by atoms with E-state index in [-0.39, 0.29) is 11.0 Å². The number of unbranched alkanes of at least 4 members (excludes halogenated alkanes) is 6. The van der Waals surface area contributed by atoms with Crippen molar-refractivity contribution in [3.63, 3.8) is 0 Å². The van der Waals surface area contributed by atoms with Crippen molar-refractivity contribution in [2.45, 2.75) is 97.3 Å². The van der Waals surface area contributed by atoms with Gasteiger partial charge in [-0.25, -0.2) is 4.79 Å². The molecular formula is C47H52N2O4S2. The number of hydrogen-bond donors (Lipinski definition) is 1. The number of ether oxygens (including phenoxy) is 2. The average molecular weight is 773 g/mol. The normalized spacial score (nSPS) is 12.9. The Morgan fingerprint density at radius 1 is 0.709 bits per heavy atom. The Bertz CT molecular complexity index is 2040. The molecule has 0 radical (unpaired) electrons. The van der Waals surface area contributed by atoms with Crippen molar-refractivity contribution in [1.82, 2.24) is 0 Å². The van der Waals surface area contributed by atoms with Crippen LogP contribution < -0.4 is 14.4 Å². The number of hydrogen-bond acceptors (Lipinski definition) is 7. The molecule has 6 rings (SSSR count). The molecule has 0 bridgehead atoms. The van der Waals surface area contributed by atoms with Crippen LogP contribution in [0, 0.1) is 11.3 Å². The van der Waals surface area contributed by atoms with E-state index in [1.165, 1.54) is 69.8 Å². The Kier molecular flexibility index (Phi) is 13.5. The van der Waals surface area contributed by atoms with Gasteiger partial charge in [-0.15, -0.1) is 22.7 Å². The minimum absolute atomic E-state index is 0.127. The van der Waals surface area contributed by atoms with Gasteiger partial charge in [-0.05, 0) is 122 Å². The highest BCUT2D eigenvalue weighted by atomic mass is 32.1. The molecule has 0 aliphatic heterocycles. The van der Waals surface area contributed by atoms with Gasteiger partial charge in [-0.1, -0.05) is 77.3 Å². The van der Waals surface area contributed by atoms with Crippen LogP contribution in [0.25, 0.3) is 26.3 Å². The Hall–Kier alpha value is -4.84. The highest BCUT2D eigenvalue weighted by Gasteiger charge is 2.45. The first-order chi connectivity index (χ1) is 26.8. The third kappa shape index (κ3) is 8.85. The van der Waals surface area contributed by atoms with Gasteiger partial charge in [0.15, 0.2) is 0 Å². The molecule has 2 aromatic heterocycles. The van der Waals surface area contributed by atoms with Gasteiger partial charge < -0.3 is 19.5 Å². The molecule has 0 saturated heterocycles. The van der Waals surface area contributed by atoms with Crippen LogP contribution in [0.3, 0.4) is 0 Å². The molecule has 5 aromatic rings. The summed E-state index contributed by atoms with van der Waals surface area (Å²) in [6.45, 7) is 9.73. The van der Waals surface area contributed by atoms with Gasteiger partial charge in [-0.3, -0.25) is 0 Å². The number of carboxylic acid groups (broad SMARTS) is 1. The lowest BCUT2D eigenvalue weighted by molar-refractivity contribution is -0.132. The summed E-state index contributed by atoms with van der Waals surface area (Å²) >= 11 is 3.47. The maximum atomic E-state index is 11.8. The van der Waals surface area contributed by atoms with Crippen LogP contribution in [0.4, 0.5) is 17.1 Å². The topological polar surface area (TPSA) is 82.8 Å². The predicted molar refractivity (Wildman–Crippen MR) is 230 cm³/mol. The van der Waals surface area contributed by atoms with E-state index in [9.17, 15) is 15.2 Å². The lowest BCUT2D eigenvalue weighted by Gasteiger charge is -2.31. The number of benzene rings is 3. The smallest absolute Gasteiger partial charge is 0.346 e. The molecule has 0 spiro atoms. The lowest BCUT2D eigenvalue weighted by Crippen LogP contribution is -2.25. The van der Waals surface area contributed by atoms with Gasteiger partial charge in [0, 0.05) is 42.0 Å². The Balaban J connectivity index is 1.40. The third-order valence-electron chi connectivity index (χ3n) is 10.5. The number of carboxylic acids is 1. The molecule has 0 unspecified atom stereocenters. The summed E-state index contributed by atoms with van der Waals surface area (Å²) in [5.74, 6) is 0.498. The molecule has 0 fully saturated rings. The first kappa shape index (κ1) is 39.8. The summed E-state index contributed by atoms with van der Waals surface area (Å²) in [6, 6.07) is 31.8. The van der Waals surface area contributed by atoms with Crippen LogP contribution in [0.5, 0.6) is 11.5 Å². The second kappa shape index (κ2) is 18.7. The van der Waals surface area contributed by atoms with Gasteiger partial charge in [-0.2, -0.15) is 5.26 Å². The van der Waals surface area contributed by atoms with Crippen LogP contribution in [0.1, 0.15) is 108 Å². The molecule has 8 heteroatoms. The van der Waals surface area contributed by atoms with Crippen molar-refractivity contribution in [3.8, 4) is 37.8 Å². The number of thiophene rings is 2.